The fourth-order valence-corrected chi connectivity index (χ4v) is 11.1. The Morgan fingerprint density at radius 2 is 1.65 bits per heavy atom. The fourth-order valence-electron chi connectivity index (χ4n) is 11.1. The summed E-state index contributed by atoms with van der Waals surface area (Å²) >= 11 is 0. The molecule has 4 atom stereocenters. The number of furan rings is 1. The number of rotatable bonds is 7. The van der Waals surface area contributed by atoms with Gasteiger partial charge in [0, 0.05) is 40.0 Å². The number of hydrogen-bond donors (Lipinski definition) is 2. The Morgan fingerprint density at radius 1 is 0.758 bits per heavy atom. The summed E-state index contributed by atoms with van der Waals surface area (Å²) in [6.07, 6.45) is 46.4. The topological polar surface area (TPSA) is 65.7 Å². The van der Waals surface area contributed by atoms with Crippen LogP contribution in [0, 0.1) is 0 Å². The molecule has 4 heterocycles. The predicted molar refractivity (Wildman–Crippen MR) is 256 cm³/mol. The number of anilines is 1. The van der Waals surface area contributed by atoms with Gasteiger partial charge in [-0.25, -0.2) is 4.99 Å². The molecule has 0 bridgehead atoms. The summed E-state index contributed by atoms with van der Waals surface area (Å²) in [6.45, 7) is 0. The molecule has 6 aliphatic carbocycles. The van der Waals surface area contributed by atoms with E-state index in [4.69, 9.17) is 14.4 Å². The summed E-state index contributed by atoms with van der Waals surface area (Å²) in [4.78, 5) is 13.7. The highest BCUT2D eigenvalue weighted by Crippen LogP contribution is 2.51. The number of nitrogens with one attached hydrogen (secondary N) is 2. The van der Waals surface area contributed by atoms with E-state index in [-0.39, 0.29) is 12.3 Å². The number of fused-ring (bicyclic) bond motifs is 7. The van der Waals surface area contributed by atoms with Crippen LogP contribution in [0.1, 0.15) is 116 Å². The first-order chi connectivity index (χ1) is 30.7. The van der Waals surface area contributed by atoms with Gasteiger partial charge in [-0.2, -0.15) is 0 Å². The minimum absolute atomic E-state index is 0.0388. The quantitative estimate of drug-likeness (QED) is 0.182. The lowest BCUT2D eigenvalue weighted by Gasteiger charge is -2.36. The summed E-state index contributed by atoms with van der Waals surface area (Å²) in [5.74, 6) is 1.95. The Labute approximate surface area is 365 Å². The lowest BCUT2D eigenvalue weighted by molar-refractivity contribution is 0.426. The molecule has 62 heavy (non-hydrogen) atoms. The van der Waals surface area contributed by atoms with Crippen molar-refractivity contribution in [2.75, 3.05) is 4.90 Å². The summed E-state index contributed by atoms with van der Waals surface area (Å²) in [6, 6.07) is 18.6. The predicted octanol–water partition coefficient (Wildman–Crippen LogP) is 12.7. The molecule has 12 rings (SSSR count). The number of aromatic nitrogens is 1. The van der Waals surface area contributed by atoms with Crippen LogP contribution in [-0.4, -0.2) is 29.1 Å². The first-order valence-electron chi connectivity index (χ1n) is 23.1. The molecule has 0 spiro atoms. The zero-order chi connectivity index (χ0) is 41.0. The van der Waals surface area contributed by atoms with E-state index in [9.17, 15) is 0 Å². The molecule has 0 saturated heterocycles. The van der Waals surface area contributed by atoms with E-state index in [1.54, 1.807) is 0 Å². The van der Waals surface area contributed by atoms with E-state index in [1.807, 2.05) is 0 Å². The summed E-state index contributed by atoms with van der Waals surface area (Å²) in [7, 11) is 0. The number of nitrogens with zero attached hydrogens (tertiary/aromatic N) is 3. The lowest BCUT2D eigenvalue weighted by Crippen LogP contribution is -2.52. The minimum atomic E-state index is -0.296. The van der Waals surface area contributed by atoms with Gasteiger partial charge in [-0.15, -0.1) is 0 Å². The van der Waals surface area contributed by atoms with E-state index < -0.39 is 0 Å². The Hall–Kier alpha value is -6.24. The highest BCUT2D eigenvalue weighted by atomic mass is 16.3. The van der Waals surface area contributed by atoms with Crippen LogP contribution < -0.4 is 15.5 Å². The van der Waals surface area contributed by atoms with E-state index in [1.165, 1.54) is 80.5 Å². The third-order valence-electron chi connectivity index (χ3n) is 14.2. The first kappa shape index (κ1) is 37.5. The van der Waals surface area contributed by atoms with Gasteiger partial charge in [0.15, 0.2) is 0 Å². The van der Waals surface area contributed by atoms with Crippen LogP contribution in [0.2, 0.25) is 0 Å². The van der Waals surface area contributed by atoms with Gasteiger partial charge >= 0.3 is 0 Å². The van der Waals surface area contributed by atoms with Gasteiger partial charge in [0.2, 0.25) is 0 Å². The van der Waals surface area contributed by atoms with Crippen LogP contribution >= 0.6 is 0 Å². The monoisotopic (exact) mass is 811 g/mol. The maximum atomic E-state index is 7.11. The van der Waals surface area contributed by atoms with Crippen molar-refractivity contribution in [3.05, 3.63) is 184 Å². The SMILES string of the molecule is C1=CCCC(C2=NC(c3cc(C4=CC(c5ccccc5)=CCC4)cnc3C3=Cc4oc5c6c(ccc5c4CC3)N(C3C=CCCC3)C3CC=CC=C63)NC(C3=CC=CCC3)N2)=C1. The molecule has 4 aromatic rings. The number of aliphatic imine (C=N–C) groups is 1. The third-order valence-corrected chi connectivity index (χ3v) is 14.2. The fraction of sp³-hybridized carbons (Fsp3) is 0.286. The lowest BCUT2D eigenvalue weighted by atomic mass is 9.87. The van der Waals surface area contributed by atoms with Gasteiger partial charge in [0.1, 0.15) is 29.5 Å². The largest absolute Gasteiger partial charge is 0.456 e. The Kier molecular flexibility index (Phi) is 9.62. The number of benzene rings is 2. The van der Waals surface area contributed by atoms with Crippen molar-refractivity contribution in [2.45, 2.75) is 101 Å². The second-order valence-electron chi connectivity index (χ2n) is 18.0. The Balaban J connectivity index is 0.982. The molecule has 4 unspecified atom stereocenters. The highest BCUT2D eigenvalue weighted by Gasteiger charge is 2.40. The molecule has 2 N–H and O–H groups in total. The highest BCUT2D eigenvalue weighted by molar-refractivity contribution is 6.05. The summed E-state index contributed by atoms with van der Waals surface area (Å²) < 4.78 is 7.11. The number of amidine groups is 1. The summed E-state index contributed by atoms with van der Waals surface area (Å²) in [5, 5.41) is 9.08. The van der Waals surface area contributed by atoms with E-state index >= 15 is 0 Å². The van der Waals surface area contributed by atoms with Crippen molar-refractivity contribution in [3.8, 4) is 0 Å². The van der Waals surface area contributed by atoms with Gasteiger partial charge in [0.25, 0.3) is 0 Å². The van der Waals surface area contributed by atoms with Crippen molar-refractivity contribution in [2.24, 2.45) is 4.99 Å². The smallest absolute Gasteiger partial charge is 0.144 e. The molecule has 8 aliphatic rings. The van der Waals surface area contributed by atoms with Crippen molar-refractivity contribution >= 4 is 50.9 Å². The van der Waals surface area contributed by atoms with Crippen LogP contribution in [0.25, 0.3) is 39.3 Å². The van der Waals surface area contributed by atoms with Crippen molar-refractivity contribution in [3.63, 3.8) is 0 Å². The summed E-state index contributed by atoms with van der Waals surface area (Å²) in [5.41, 5.74) is 17.3. The van der Waals surface area contributed by atoms with Gasteiger partial charge in [0.05, 0.1) is 11.7 Å². The zero-order valence-electron chi connectivity index (χ0n) is 35.3. The van der Waals surface area contributed by atoms with Crippen molar-refractivity contribution in [1.29, 1.82) is 0 Å². The van der Waals surface area contributed by atoms with Crippen LogP contribution in [0.5, 0.6) is 0 Å². The standard InChI is InChI=1S/C56H53N5O/c1-5-16-36(17-6-1)39-22-15-23-40(32-39)42-33-47(56-59-54(37-18-7-2-8-19-37)58-55(60-56)38-20-9-3-10-21-38)52(57-35-42)41-28-29-44-45-30-31-49-51(53(45)62-50(44)34-41)46-26-13-14-27-48(46)61(49)43-24-11-4-12-25-43/h1-3,5-7,9,11,13-14,16-18,20,22,24,26,30-35,43,48,54,56,59H,4,8,10,12,15,19,21,23,25,27-29H2,(H,58,60). The van der Waals surface area contributed by atoms with E-state index in [0.29, 0.717) is 12.1 Å². The van der Waals surface area contributed by atoms with Crippen LogP contribution in [0.15, 0.2) is 154 Å². The third kappa shape index (κ3) is 6.67. The molecule has 2 aromatic heterocycles. The first-order valence-corrected chi connectivity index (χ1v) is 23.1. The average molecular weight is 812 g/mol. The van der Waals surface area contributed by atoms with E-state index in [2.05, 4.69) is 155 Å². The van der Waals surface area contributed by atoms with Gasteiger partial charge < -0.3 is 14.6 Å². The second kappa shape index (κ2) is 15.9. The van der Waals surface area contributed by atoms with Crippen LogP contribution in [0.4, 0.5) is 5.69 Å². The molecule has 0 radical (unpaired) electrons. The van der Waals surface area contributed by atoms with Crippen molar-refractivity contribution in [1.82, 2.24) is 15.6 Å². The molecule has 2 aromatic carbocycles. The molecule has 0 fully saturated rings. The van der Waals surface area contributed by atoms with Gasteiger partial charge in [-0.1, -0.05) is 109 Å². The maximum Gasteiger partial charge on any atom is 0.144 e. The van der Waals surface area contributed by atoms with Crippen molar-refractivity contribution < 1.29 is 4.42 Å². The maximum absolute atomic E-state index is 7.11. The Bertz CT molecular complexity index is 2830. The second-order valence-corrected chi connectivity index (χ2v) is 18.0. The Morgan fingerprint density at radius 3 is 2.50 bits per heavy atom. The molecule has 6 nitrogen and oxygen atoms in total. The minimum Gasteiger partial charge on any atom is -0.456 e. The molecular formula is C56H53N5O. The molecule has 0 amide bonds. The van der Waals surface area contributed by atoms with Gasteiger partial charge in [-0.3, -0.25) is 10.3 Å². The molecular weight excluding hydrogens is 759 g/mol. The normalized spacial score (nSPS) is 25.1. The molecule has 0 saturated carbocycles. The van der Waals surface area contributed by atoms with E-state index in [0.717, 1.165) is 91.8 Å². The van der Waals surface area contributed by atoms with Crippen LogP contribution in [0.3, 0.4) is 0 Å². The molecule has 2 aliphatic heterocycles. The molecule has 308 valence electrons. The molecule has 6 heteroatoms. The number of allylic oxidation sites excluding steroid dienone is 14. The number of aryl methyl sites for hydroxylation is 1. The number of pyridine rings is 1. The average Bonchev–Trinajstić information content (AvgIpc) is 3.90. The van der Waals surface area contributed by atoms with Crippen LogP contribution in [-0.2, 0) is 6.42 Å². The van der Waals surface area contributed by atoms with Gasteiger partial charge in [-0.05, 0) is 146 Å². The number of hydrogen-bond acceptors (Lipinski definition) is 6. The zero-order valence-corrected chi connectivity index (χ0v) is 35.3.